The van der Waals surface area contributed by atoms with Gasteiger partial charge >= 0.3 is 0 Å². The largest absolute Gasteiger partial charge is 0.459 e. The summed E-state index contributed by atoms with van der Waals surface area (Å²) in [4.78, 5) is 11.7. The van der Waals surface area contributed by atoms with E-state index in [1.54, 1.807) is 6.07 Å². The van der Waals surface area contributed by atoms with Gasteiger partial charge in [-0.05, 0) is 30.3 Å². The van der Waals surface area contributed by atoms with E-state index in [4.69, 9.17) is 4.42 Å². The number of furan rings is 1. The summed E-state index contributed by atoms with van der Waals surface area (Å²) in [7, 11) is -3.61. The number of carbonyl (C=O) groups is 1. The lowest BCUT2D eigenvalue weighted by atomic mass is 10.2. The molecular formula is C12H11FN2O4S. The highest BCUT2D eigenvalue weighted by Gasteiger charge is 2.12. The van der Waals surface area contributed by atoms with E-state index >= 15 is 0 Å². The number of hydrogen-bond donors (Lipinski definition) is 2. The van der Waals surface area contributed by atoms with Crippen LogP contribution in [0.5, 0.6) is 0 Å². The fourth-order valence-electron chi connectivity index (χ4n) is 1.48. The average Bonchev–Trinajstić information content (AvgIpc) is 2.85. The van der Waals surface area contributed by atoms with Crippen LogP contribution in [0.4, 0.5) is 15.8 Å². The Kier molecular flexibility index (Phi) is 3.75. The van der Waals surface area contributed by atoms with Gasteiger partial charge in [-0.3, -0.25) is 9.52 Å². The minimum absolute atomic E-state index is 0.0898. The number of anilines is 2. The van der Waals surface area contributed by atoms with Crippen LogP contribution in [0.1, 0.15) is 10.6 Å². The third-order valence-electron chi connectivity index (χ3n) is 2.26. The minimum Gasteiger partial charge on any atom is -0.459 e. The maximum absolute atomic E-state index is 13.5. The SMILES string of the molecule is CS(=O)(=O)Nc1cc(NC(=O)c2ccco2)ccc1F. The molecule has 0 unspecified atom stereocenters. The van der Waals surface area contributed by atoms with Gasteiger partial charge in [0.15, 0.2) is 5.76 Å². The molecule has 0 bridgehead atoms. The molecule has 0 aliphatic heterocycles. The first-order chi connectivity index (χ1) is 9.35. The van der Waals surface area contributed by atoms with Crippen molar-refractivity contribution < 1.29 is 22.0 Å². The molecule has 1 heterocycles. The standard InChI is InChI=1S/C12H11FN2O4S/c1-20(17,18)15-10-7-8(4-5-9(10)13)14-12(16)11-3-2-6-19-11/h2-7,15H,1H3,(H,14,16). The molecule has 6 nitrogen and oxygen atoms in total. The van der Waals surface area contributed by atoms with Gasteiger partial charge in [0, 0.05) is 5.69 Å². The fraction of sp³-hybridized carbons (Fsp3) is 0.0833. The van der Waals surface area contributed by atoms with E-state index < -0.39 is 21.7 Å². The Morgan fingerprint density at radius 1 is 1.30 bits per heavy atom. The van der Waals surface area contributed by atoms with E-state index in [-0.39, 0.29) is 17.1 Å². The summed E-state index contributed by atoms with van der Waals surface area (Å²) in [5.41, 5.74) is -0.0105. The Balaban J connectivity index is 2.21. The molecule has 0 saturated heterocycles. The summed E-state index contributed by atoms with van der Waals surface area (Å²) in [6, 6.07) is 6.55. The van der Waals surface area contributed by atoms with Crippen LogP contribution in [-0.4, -0.2) is 20.6 Å². The number of sulfonamides is 1. The monoisotopic (exact) mass is 298 g/mol. The summed E-state index contributed by atoms with van der Waals surface area (Å²) in [5.74, 6) is -1.18. The third kappa shape index (κ3) is 3.58. The van der Waals surface area contributed by atoms with Crippen molar-refractivity contribution in [3.8, 4) is 0 Å². The molecule has 1 aromatic carbocycles. The zero-order chi connectivity index (χ0) is 14.8. The number of rotatable bonds is 4. The number of carbonyl (C=O) groups excluding carboxylic acids is 1. The van der Waals surface area contributed by atoms with Crippen LogP contribution >= 0.6 is 0 Å². The van der Waals surface area contributed by atoms with Crippen LogP contribution in [0.25, 0.3) is 0 Å². The number of benzene rings is 1. The first kappa shape index (κ1) is 14.1. The van der Waals surface area contributed by atoms with Gasteiger partial charge in [0.1, 0.15) is 5.82 Å². The average molecular weight is 298 g/mol. The zero-order valence-corrected chi connectivity index (χ0v) is 11.2. The molecule has 2 rings (SSSR count). The first-order valence-electron chi connectivity index (χ1n) is 5.47. The summed E-state index contributed by atoms with van der Waals surface area (Å²) < 4.78 is 42.6. The Morgan fingerprint density at radius 3 is 2.65 bits per heavy atom. The van der Waals surface area contributed by atoms with Gasteiger partial charge in [0.2, 0.25) is 10.0 Å². The summed E-state index contributed by atoms with van der Waals surface area (Å²) in [6.07, 6.45) is 2.25. The van der Waals surface area contributed by atoms with Crippen molar-refractivity contribution in [2.75, 3.05) is 16.3 Å². The number of hydrogen-bond acceptors (Lipinski definition) is 4. The zero-order valence-electron chi connectivity index (χ0n) is 10.4. The Bertz CT molecular complexity index is 726. The van der Waals surface area contributed by atoms with Gasteiger partial charge in [-0.1, -0.05) is 0 Å². The molecule has 20 heavy (non-hydrogen) atoms. The molecule has 0 fully saturated rings. The first-order valence-corrected chi connectivity index (χ1v) is 7.36. The Labute approximate surface area is 114 Å². The lowest BCUT2D eigenvalue weighted by Crippen LogP contribution is -2.13. The fourth-order valence-corrected chi connectivity index (χ4v) is 2.04. The van der Waals surface area contributed by atoms with Crippen molar-refractivity contribution in [3.63, 3.8) is 0 Å². The molecular weight excluding hydrogens is 287 g/mol. The minimum atomic E-state index is -3.61. The van der Waals surface area contributed by atoms with Crippen molar-refractivity contribution in [3.05, 3.63) is 48.2 Å². The molecule has 0 spiro atoms. The van der Waals surface area contributed by atoms with Gasteiger partial charge in [0.25, 0.3) is 5.91 Å². The number of halogens is 1. The second-order valence-electron chi connectivity index (χ2n) is 4.00. The molecule has 106 valence electrons. The van der Waals surface area contributed by atoms with Crippen LogP contribution < -0.4 is 10.0 Å². The van der Waals surface area contributed by atoms with Crippen molar-refractivity contribution in [2.45, 2.75) is 0 Å². The molecule has 0 radical (unpaired) electrons. The highest BCUT2D eigenvalue weighted by Crippen LogP contribution is 2.21. The van der Waals surface area contributed by atoms with Crippen LogP contribution in [0, 0.1) is 5.82 Å². The van der Waals surface area contributed by atoms with Crippen LogP contribution in [-0.2, 0) is 10.0 Å². The van der Waals surface area contributed by atoms with E-state index in [9.17, 15) is 17.6 Å². The molecule has 2 aromatic rings. The summed E-state index contributed by atoms with van der Waals surface area (Å²) in [6.45, 7) is 0. The molecule has 1 aromatic heterocycles. The smallest absolute Gasteiger partial charge is 0.291 e. The van der Waals surface area contributed by atoms with E-state index in [1.807, 2.05) is 4.72 Å². The van der Waals surface area contributed by atoms with Crippen molar-refractivity contribution in [2.24, 2.45) is 0 Å². The second kappa shape index (κ2) is 5.33. The Hall–Kier alpha value is -2.35. The maximum atomic E-state index is 13.5. The second-order valence-corrected chi connectivity index (χ2v) is 5.75. The quantitative estimate of drug-likeness (QED) is 0.904. The van der Waals surface area contributed by atoms with E-state index in [0.717, 1.165) is 12.3 Å². The van der Waals surface area contributed by atoms with Crippen molar-refractivity contribution >= 4 is 27.3 Å². The topological polar surface area (TPSA) is 88.4 Å². The normalized spacial score (nSPS) is 11.1. The summed E-state index contributed by atoms with van der Waals surface area (Å²) >= 11 is 0. The molecule has 2 N–H and O–H groups in total. The van der Waals surface area contributed by atoms with E-state index in [0.29, 0.717) is 0 Å². The van der Waals surface area contributed by atoms with Crippen LogP contribution in [0.15, 0.2) is 41.0 Å². The van der Waals surface area contributed by atoms with Gasteiger partial charge in [-0.2, -0.15) is 0 Å². The predicted octanol–water partition coefficient (Wildman–Crippen LogP) is 2.04. The van der Waals surface area contributed by atoms with Crippen LogP contribution in [0.2, 0.25) is 0 Å². The molecule has 0 aliphatic rings. The van der Waals surface area contributed by atoms with Crippen molar-refractivity contribution in [1.82, 2.24) is 0 Å². The summed E-state index contributed by atoms with van der Waals surface area (Å²) in [5, 5.41) is 2.46. The van der Waals surface area contributed by atoms with Gasteiger partial charge in [-0.25, -0.2) is 12.8 Å². The van der Waals surface area contributed by atoms with Gasteiger partial charge in [0.05, 0.1) is 18.2 Å². The van der Waals surface area contributed by atoms with Gasteiger partial charge < -0.3 is 9.73 Å². The number of nitrogens with one attached hydrogen (secondary N) is 2. The molecule has 1 amide bonds. The van der Waals surface area contributed by atoms with E-state index in [2.05, 4.69) is 5.32 Å². The lowest BCUT2D eigenvalue weighted by Gasteiger charge is -2.08. The highest BCUT2D eigenvalue weighted by atomic mass is 32.2. The molecule has 8 heteroatoms. The lowest BCUT2D eigenvalue weighted by molar-refractivity contribution is 0.0996. The van der Waals surface area contributed by atoms with Crippen molar-refractivity contribution in [1.29, 1.82) is 0 Å². The number of amides is 1. The molecule has 0 saturated carbocycles. The molecule has 0 atom stereocenters. The Morgan fingerprint density at radius 2 is 2.05 bits per heavy atom. The third-order valence-corrected chi connectivity index (χ3v) is 2.86. The van der Waals surface area contributed by atoms with Gasteiger partial charge in [-0.15, -0.1) is 0 Å². The van der Waals surface area contributed by atoms with E-state index in [1.165, 1.54) is 24.5 Å². The highest BCUT2D eigenvalue weighted by molar-refractivity contribution is 7.92. The predicted molar refractivity (Wildman–Crippen MR) is 71.5 cm³/mol. The maximum Gasteiger partial charge on any atom is 0.291 e. The molecule has 0 aliphatic carbocycles. The van der Waals surface area contributed by atoms with Crippen LogP contribution in [0.3, 0.4) is 0 Å².